The minimum absolute atomic E-state index is 0.0148. The van der Waals surface area contributed by atoms with E-state index < -0.39 is 23.8 Å². The molecule has 0 saturated heterocycles. The molecule has 0 fully saturated rings. The van der Waals surface area contributed by atoms with E-state index in [1.165, 1.54) is 12.1 Å². The summed E-state index contributed by atoms with van der Waals surface area (Å²) in [6.45, 7) is 11.5. The Labute approximate surface area is 227 Å². The molecule has 0 spiro atoms. The monoisotopic (exact) mass is 537 g/mol. The number of nitrogens with zero attached hydrogens (tertiary/aromatic N) is 1. The van der Waals surface area contributed by atoms with Gasteiger partial charge in [0.15, 0.2) is 0 Å². The Morgan fingerprint density at radius 1 is 1.08 bits per heavy atom. The number of carbonyl (C=O) groups is 3. The van der Waals surface area contributed by atoms with Crippen molar-refractivity contribution in [3.63, 3.8) is 0 Å². The molecule has 9 heteroatoms. The van der Waals surface area contributed by atoms with Crippen molar-refractivity contribution in [3.8, 4) is 5.75 Å². The second kappa shape index (κ2) is 16.4. The van der Waals surface area contributed by atoms with E-state index in [2.05, 4.69) is 17.6 Å². The lowest BCUT2D eigenvalue weighted by atomic mass is 10.0. The molecule has 0 aliphatic heterocycles. The molecule has 0 heterocycles. The molecule has 2 unspecified atom stereocenters. The predicted molar refractivity (Wildman–Crippen MR) is 151 cm³/mol. The molecular formula is C28H47N3O5S. The number of thioether (sulfide) groups is 1. The van der Waals surface area contributed by atoms with E-state index in [9.17, 15) is 19.5 Å². The number of benzene rings is 1. The third kappa shape index (κ3) is 12.6. The molecular weight excluding hydrogens is 490 g/mol. The van der Waals surface area contributed by atoms with Crippen LogP contribution in [0.1, 0.15) is 91.7 Å². The fourth-order valence-electron chi connectivity index (χ4n) is 3.93. The van der Waals surface area contributed by atoms with Crippen molar-refractivity contribution in [3.05, 3.63) is 29.8 Å². The Morgan fingerprint density at radius 2 is 1.76 bits per heavy atom. The van der Waals surface area contributed by atoms with E-state index in [1.807, 2.05) is 20.1 Å². The Hall–Kier alpha value is -2.42. The first-order valence-electron chi connectivity index (χ1n) is 13.3. The first-order valence-corrected chi connectivity index (χ1v) is 14.7. The van der Waals surface area contributed by atoms with Gasteiger partial charge in [-0.2, -0.15) is 11.8 Å². The summed E-state index contributed by atoms with van der Waals surface area (Å²) in [5.74, 6) is -0.0158. The van der Waals surface area contributed by atoms with Gasteiger partial charge < -0.3 is 25.4 Å². The molecule has 0 saturated carbocycles. The summed E-state index contributed by atoms with van der Waals surface area (Å²) in [6, 6.07) is 4.49. The molecule has 0 aliphatic carbocycles. The molecule has 210 valence electrons. The number of ether oxygens (including phenoxy) is 1. The maximum absolute atomic E-state index is 14.1. The van der Waals surface area contributed by atoms with Gasteiger partial charge in [0.25, 0.3) is 0 Å². The summed E-state index contributed by atoms with van der Waals surface area (Å²) >= 11 is 1.57. The van der Waals surface area contributed by atoms with Crippen LogP contribution >= 0.6 is 11.8 Å². The van der Waals surface area contributed by atoms with Crippen LogP contribution in [0.25, 0.3) is 0 Å². The average Bonchev–Trinajstić information content (AvgIpc) is 2.78. The lowest BCUT2D eigenvalue weighted by Gasteiger charge is -2.35. The van der Waals surface area contributed by atoms with Crippen LogP contribution in [0.15, 0.2) is 24.3 Å². The van der Waals surface area contributed by atoms with Crippen molar-refractivity contribution in [2.45, 2.75) is 104 Å². The Balaban J connectivity index is 3.42. The fraction of sp³-hybridized carbons (Fsp3) is 0.679. The predicted octanol–water partition coefficient (Wildman–Crippen LogP) is 5.40. The van der Waals surface area contributed by atoms with Crippen LogP contribution in [0.4, 0.5) is 4.79 Å². The van der Waals surface area contributed by atoms with Crippen molar-refractivity contribution in [1.29, 1.82) is 0 Å². The Kier molecular flexibility index (Phi) is 14.5. The number of rotatable bonds is 15. The van der Waals surface area contributed by atoms with Gasteiger partial charge in [-0.15, -0.1) is 0 Å². The maximum Gasteiger partial charge on any atom is 0.408 e. The van der Waals surface area contributed by atoms with Gasteiger partial charge in [0.2, 0.25) is 11.8 Å². The van der Waals surface area contributed by atoms with Gasteiger partial charge in [0, 0.05) is 12.6 Å². The smallest absolute Gasteiger partial charge is 0.408 e. The number of phenols is 1. The highest BCUT2D eigenvalue weighted by molar-refractivity contribution is 7.98. The van der Waals surface area contributed by atoms with Crippen LogP contribution in [-0.2, 0) is 14.3 Å². The van der Waals surface area contributed by atoms with Gasteiger partial charge >= 0.3 is 6.09 Å². The van der Waals surface area contributed by atoms with E-state index in [0.29, 0.717) is 24.3 Å². The van der Waals surface area contributed by atoms with Gasteiger partial charge in [0.05, 0.1) is 0 Å². The number of alkyl carbamates (subject to hydrolysis) is 1. The van der Waals surface area contributed by atoms with Crippen LogP contribution in [0, 0.1) is 0 Å². The van der Waals surface area contributed by atoms with Crippen LogP contribution < -0.4 is 10.6 Å². The number of hydrogen-bond donors (Lipinski definition) is 3. The first-order chi connectivity index (χ1) is 17.4. The van der Waals surface area contributed by atoms with E-state index in [1.54, 1.807) is 49.6 Å². The molecule has 8 nitrogen and oxygen atoms in total. The van der Waals surface area contributed by atoms with Crippen molar-refractivity contribution in [2.75, 3.05) is 18.6 Å². The number of nitrogens with one attached hydrogen (secondary N) is 2. The molecule has 3 amide bonds. The highest BCUT2D eigenvalue weighted by atomic mass is 32.2. The molecule has 0 aromatic heterocycles. The molecule has 3 N–H and O–H groups in total. The van der Waals surface area contributed by atoms with E-state index in [-0.39, 0.29) is 23.6 Å². The molecule has 1 rings (SSSR count). The van der Waals surface area contributed by atoms with Crippen molar-refractivity contribution < 1.29 is 24.2 Å². The van der Waals surface area contributed by atoms with Gasteiger partial charge in [0.1, 0.15) is 23.4 Å². The number of carbonyl (C=O) groups excluding carboxylic acids is 3. The molecule has 0 radical (unpaired) electrons. The second-order valence-corrected chi connectivity index (χ2v) is 11.6. The minimum Gasteiger partial charge on any atom is -0.508 e. The van der Waals surface area contributed by atoms with Gasteiger partial charge in [-0.05, 0) is 77.2 Å². The third-order valence-corrected chi connectivity index (χ3v) is 6.21. The summed E-state index contributed by atoms with van der Waals surface area (Å²) in [7, 11) is 0. The van der Waals surface area contributed by atoms with Gasteiger partial charge in [-0.25, -0.2) is 4.79 Å². The number of phenolic OH excluding ortho intramolecular Hbond substituents is 1. The van der Waals surface area contributed by atoms with Crippen LogP contribution in [0.2, 0.25) is 0 Å². The fourth-order valence-corrected chi connectivity index (χ4v) is 4.40. The Bertz CT molecular complexity index is 856. The van der Waals surface area contributed by atoms with Crippen molar-refractivity contribution in [2.24, 2.45) is 0 Å². The zero-order valence-electron chi connectivity index (χ0n) is 23.6. The van der Waals surface area contributed by atoms with Gasteiger partial charge in [-0.3, -0.25) is 9.59 Å². The summed E-state index contributed by atoms with van der Waals surface area (Å²) < 4.78 is 5.42. The zero-order valence-corrected chi connectivity index (χ0v) is 24.5. The number of aromatic hydroxyl groups is 1. The molecule has 2 atom stereocenters. The minimum atomic E-state index is -0.953. The molecule has 37 heavy (non-hydrogen) atoms. The van der Waals surface area contributed by atoms with E-state index in [4.69, 9.17) is 4.74 Å². The summed E-state index contributed by atoms with van der Waals surface area (Å²) in [6.07, 6.45) is 6.55. The third-order valence-electron chi connectivity index (χ3n) is 5.56. The SMILES string of the molecule is CCCCCCCN(C(=O)C(CCSC)NC(=O)OC(C)(C)C)C(C(=O)NC(C)C)c1cccc(O)c1. The zero-order chi connectivity index (χ0) is 28.0. The van der Waals surface area contributed by atoms with E-state index >= 15 is 0 Å². The molecule has 0 aliphatic rings. The molecule has 0 bridgehead atoms. The summed E-state index contributed by atoms with van der Waals surface area (Å²) in [5, 5.41) is 15.8. The van der Waals surface area contributed by atoms with Gasteiger partial charge in [-0.1, -0.05) is 44.7 Å². The maximum atomic E-state index is 14.1. The number of amides is 3. The quantitative estimate of drug-likeness (QED) is 0.259. The largest absolute Gasteiger partial charge is 0.508 e. The lowest BCUT2D eigenvalue weighted by molar-refractivity contribution is -0.142. The number of hydrogen-bond acceptors (Lipinski definition) is 6. The molecule has 1 aromatic rings. The highest BCUT2D eigenvalue weighted by Crippen LogP contribution is 2.27. The Morgan fingerprint density at radius 3 is 2.32 bits per heavy atom. The molecule has 1 aromatic carbocycles. The number of unbranched alkanes of at least 4 members (excludes halogenated alkanes) is 4. The normalized spacial score (nSPS) is 13.1. The lowest BCUT2D eigenvalue weighted by Crippen LogP contribution is -2.53. The summed E-state index contributed by atoms with van der Waals surface area (Å²) in [4.78, 5) is 41.7. The van der Waals surface area contributed by atoms with Crippen molar-refractivity contribution in [1.82, 2.24) is 15.5 Å². The van der Waals surface area contributed by atoms with Crippen LogP contribution in [0.3, 0.4) is 0 Å². The van der Waals surface area contributed by atoms with E-state index in [0.717, 1.165) is 32.1 Å². The standard InChI is InChI=1S/C28H47N3O5S/c1-8-9-10-11-12-17-31(24(25(33)29-20(2)3)21-14-13-15-22(32)19-21)26(34)23(16-18-37-7)30-27(35)36-28(4,5)6/h13-15,19-20,23-24,32H,8-12,16-18H2,1-7H3,(H,29,33)(H,30,35). The first kappa shape index (κ1) is 32.6. The average molecular weight is 538 g/mol. The van der Waals surface area contributed by atoms with Crippen molar-refractivity contribution >= 4 is 29.7 Å². The highest BCUT2D eigenvalue weighted by Gasteiger charge is 2.36. The summed E-state index contributed by atoms with van der Waals surface area (Å²) in [5.41, 5.74) is -0.196. The van der Waals surface area contributed by atoms with Crippen LogP contribution in [0.5, 0.6) is 5.75 Å². The second-order valence-electron chi connectivity index (χ2n) is 10.6. The van der Waals surface area contributed by atoms with Crippen LogP contribution in [-0.4, -0.2) is 64.2 Å². The topological polar surface area (TPSA) is 108 Å².